The molecule has 0 atom stereocenters. The molecule has 4 heteroatoms. The number of fused-ring (bicyclic) bond motifs is 1. The summed E-state index contributed by atoms with van der Waals surface area (Å²) in [5, 5.41) is 3.69. The fourth-order valence-electron chi connectivity index (χ4n) is 3.12. The van der Waals surface area contributed by atoms with Crippen LogP contribution in [0.15, 0.2) is 16.6 Å². The maximum absolute atomic E-state index is 5.44. The zero-order chi connectivity index (χ0) is 13.9. The average Bonchev–Trinajstić information content (AvgIpc) is 2.92. The Labute approximate surface area is 129 Å². The first-order valence-electron chi connectivity index (χ1n) is 7.57. The van der Waals surface area contributed by atoms with Gasteiger partial charge in [-0.25, -0.2) is 0 Å². The highest BCUT2D eigenvalue weighted by Gasteiger charge is 2.20. The Balaban J connectivity index is 1.56. The van der Waals surface area contributed by atoms with Gasteiger partial charge in [-0.05, 0) is 49.3 Å². The van der Waals surface area contributed by atoms with Gasteiger partial charge >= 0.3 is 0 Å². The normalized spacial score (nSPS) is 24.9. The van der Waals surface area contributed by atoms with Gasteiger partial charge in [0.15, 0.2) is 11.5 Å². The van der Waals surface area contributed by atoms with Crippen LogP contribution in [-0.2, 0) is 6.54 Å². The molecule has 1 aromatic carbocycles. The van der Waals surface area contributed by atoms with Crippen LogP contribution < -0.4 is 14.8 Å². The molecule has 3 nitrogen and oxygen atoms in total. The lowest BCUT2D eigenvalue weighted by molar-refractivity contribution is 0.174. The molecule has 1 N–H and O–H groups in total. The summed E-state index contributed by atoms with van der Waals surface area (Å²) in [6.45, 7) is 3.53. The van der Waals surface area contributed by atoms with Crippen molar-refractivity contribution in [3.8, 4) is 11.5 Å². The van der Waals surface area contributed by atoms with Crippen LogP contribution in [0.3, 0.4) is 0 Å². The maximum Gasteiger partial charge on any atom is 0.231 e. The summed E-state index contributed by atoms with van der Waals surface area (Å²) in [7, 11) is 0. The van der Waals surface area contributed by atoms with Crippen LogP contribution in [0.1, 0.15) is 44.6 Å². The lowest BCUT2D eigenvalue weighted by Crippen LogP contribution is -2.32. The van der Waals surface area contributed by atoms with Gasteiger partial charge in [-0.2, -0.15) is 0 Å². The number of ether oxygens (including phenoxy) is 2. The van der Waals surface area contributed by atoms with Crippen LogP contribution in [0.25, 0.3) is 0 Å². The predicted molar refractivity (Wildman–Crippen MR) is 83.1 cm³/mol. The third-order valence-corrected chi connectivity index (χ3v) is 5.29. The summed E-state index contributed by atoms with van der Waals surface area (Å²) in [6.07, 6.45) is 6.69. The van der Waals surface area contributed by atoms with E-state index in [4.69, 9.17) is 9.47 Å². The minimum absolute atomic E-state index is 0.333. The van der Waals surface area contributed by atoms with Crippen molar-refractivity contribution in [3.63, 3.8) is 0 Å². The Kier molecular flexibility index (Phi) is 4.51. The molecule has 1 heterocycles. The van der Waals surface area contributed by atoms with Crippen molar-refractivity contribution in [2.75, 3.05) is 6.79 Å². The minimum Gasteiger partial charge on any atom is -0.454 e. The van der Waals surface area contributed by atoms with Gasteiger partial charge in [-0.1, -0.05) is 29.3 Å². The van der Waals surface area contributed by atoms with Gasteiger partial charge in [-0.3, -0.25) is 0 Å². The van der Waals surface area contributed by atoms with E-state index in [0.717, 1.165) is 28.4 Å². The molecule has 1 fully saturated rings. The highest BCUT2D eigenvalue weighted by atomic mass is 79.9. The monoisotopic (exact) mass is 339 g/mol. The zero-order valence-electron chi connectivity index (χ0n) is 12.0. The van der Waals surface area contributed by atoms with Crippen molar-refractivity contribution in [1.29, 1.82) is 0 Å². The standard InChI is InChI=1S/C16H22BrNO2/c1-2-11-3-5-13(6-4-11)18-9-12-7-15-16(8-14(12)17)20-10-19-15/h7-8,11,13,18H,2-6,9-10H2,1H3. The Morgan fingerprint density at radius 3 is 2.55 bits per heavy atom. The number of hydrogen-bond donors (Lipinski definition) is 1. The Hall–Kier alpha value is -0.740. The second-order valence-corrected chi connectivity index (χ2v) is 6.66. The molecule has 110 valence electrons. The quantitative estimate of drug-likeness (QED) is 0.889. The number of halogens is 1. The fraction of sp³-hybridized carbons (Fsp3) is 0.625. The summed E-state index contributed by atoms with van der Waals surface area (Å²) in [5.74, 6) is 2.65. The molecule has 0 unspecified atom stereocenters. The number of rotatable bonds is 4. The third-order valence-electron chi connectivity index (χ3n) is 4.55. The highest BCUT2D eigenvalue weighted by molar-refractivity contribution is 9.10. The molecule has 20 heavy (non-hydrogen) atoms. The van der Waals surface area contributed by atoms with E-state index in [-0.39, 0.29) is 0 Å². The first-order valence-corrected chi connectivity index (χ1v) is 8.37. The predicted octanol–water partition coefficient (Wildman–Crippen LogP) is 4.24. The summed E-state index contributed by atoms with van der Waals surface area (Å²) in [6, 6.07) is 4.75. The molecule has 1 aromatic rings. The van der Waals surface area contributed by atoms with E-state index in [1.54, 1.807) is 0 Å². The van der Waals surface area contributed by atoms with Crippen molar-refractivity contribution in [1.82, 2.24) is 5.32 Å². The number of benzene rings is 1. The van der Waals surface area contributed by atoms with Crippen molar-refractivity contribution in [2.45, 2.75) is 51.6 Å². The van der Waals surface area contributed by atoms with Gasteiger partial charge in [0.1, 0.15) is 0 Å². The molecule has 1 aliphatic heterocycles. The van der Waals surface area contributed by atoms with Crippen LogP contribution in [-0.4, -0.2) is 12.8 Å². The SMILES string of the molecule is CCC1CCC(NCc2cc3c(cc2Br)OCO3)CC1. The van der Waals surface area contributed by atoms with E-state index in [9.17, 15) is 0 Å². The van der Waals surface area contributed by atoms with E-state index in [1.807, 2.05) is 6.07 Å². The molecular weight excluding hydrogens is 318 g/mol. The number of nitrogens with one attached hydrogen (secondary N) is 1. The Bertz CT molecular complexity index is 470. The molecule has 0 aromatic heterocycles. The van der Waals surface area contributed by atoms with E-state index < -0.39 is 0 Å². The van der Waals surface area contributed by atoms with Crippen molar-refractivity contribution >= 4 is 15.9 Å². The largest absolute Gasteiger partial charge is 0.454 e. The zero-order valence-corrected chi connectivity index (χ0v) is 13.5. The van der Waals surface area contributed by atoms with Crippen molar-refractivity contribution in [3.05, 3.63) is 22.2 Å². The van der Waals surface area contributed by atoms with Crippen LogP contribution in [0, 0.1) is 5.92 Å². The van der Waals surface area contributed by atoms with E-state index in [2.05, 4.69) is 34.2 Å². The lowest BCUT2D eigenvalue weighted by atomic mass is 9.84. The Morgan fingerprint density at radius 1 is 1.15 bits per heavy atom. The Morgan fingerprint density at radius 2 is 1.85 bits per heavy atom. The van der Waals surface area contributed by atoms with E-state index in [1.165, 1.54) is 37.7 Å². The lowest BCUT2D eigenvalue weighted by Gasteiger charge is -2.28. The molecule has 2 aliphatic rings. The fourth-order valence-corrected chi connectivity index (χ4v) is 3.59. The third kappa shape index (κ3) is 3.12. The smallest absolute Gasteiger partial charge is 0.231 e. The minimum atomic E-state index is 0.333. The molecule has 0 bridgehead atoms. The van der Waals surface area contributed by atoms with Gasteiger partial charge in [-0.15, -0.1) is 0 Å². The molecule has 0 spiro atoms. The second kappa shape index (κ2) is 6.35. The van der Waals surface area contributed by atoms with Crippen molar-refractivity contribution in [2.24, 2.45) is 5.92 Å². The summed E-state index contributed by atoms with van der Waals surface area (Å²) in [5.41, 5.74) is 1.24. The molecule has 3 rings (SSSR count). The topological polar surface area (TPSA) is 30.5 Å². The molecule has 1 aliphatic carbocycles. The summed E-state index contributed by atoms with van der Waals surface area (Å²) < 4.78 is 11.9. The van der Waals surface area contributed by atoms with Gasteiger partial charge in [0.05, 0.1) is 0 Å². The van der Waals surface area contributed by atoms with E-state index >= 15 is 0 Å². The first kappa shape index (κ1) is 14.2. The van der Waals surface area contributed by atoms with E-state index in [0.29, 0.717) is 12.8 Å². The summed E-state index contributed by atoms with van der Waals surface area (Å²) >= 11 is 3.62. The molecule has 1 saturated carbocycles. The van der Waals surface area contributed by atoms with Gasteiger partial charge in [0, 0.05) is 17.1 Å². The maximum atomic E-state index is 5.44. The van der Waals surface area contributed by atoms with Crippen LogP contribution in [0.5, 0.6) is 11.5 Å². The average molecular weight is 340 g/mol. The van der Waals surface area contributed by atoms with Crippen LogP contribution >= 0.6 is 15.9 Å². The van der Waals surface area contributed by atoms with Gasteiger partial charge in [0.25, 0.3) is 0 Å². The molecule has 0 amide bonds. The van der Waals surface area contributed by atoms with Crippen LogP contribution in [0.4, 0.5) is 0 Å². The highest BCUT2D eigenvalue weighted by Crippen LogP contribution is 2.37. The molecule has 0 radical (unpaired) electrons. The number of hydrogen-bond acceptors (Lipinski definition) is 3. The molecular formula is C16H22BrNO2. The van der Waals surface area contributed by atoms with Crippen LogP contribution in [0.2, 0.25) is 0 Å². The summed E-state index contributed by atoms with van der Waals surface area (Å²) in [4.78, 5) is 0. The van der Waals surface area contributed by atoms with Crippen molar-refractivity contribution < 1.29 is 9.47 Å². The van der Waals surface area contributed by atoms with Gasteiger partial charge in [0.2, 0.25) is 6.79 Å². The first-order chi connectivity index (χ1) is 9.76. The molecule has 0 saturated heterocycles. The van der Waals surface area contributed by atoms with Gasteiger partial charge < -0.3 is 14.8 Å². The second-order valence-electron chi connectivity index (χ2n) is 5.80.